The molecule has 0 fully saturated rings. The first-order chi connectivity index (χ1) is 13.2. The van der Waals surface area contributed by atoms with Crippen LogP contribution in [-0.2, 0) is 4.79 Å². The lowest BCUT2D eigenvalue weighted by atomic mass is 9.98. The van der Waals surface area contributed by atoms with E-state index in [2.05, 4.69) is 34.9 Å². The van der Waals surface area contributed by atoms with E-state index in [4.69, 9.17) is 4.74 Å². The van der Waals surface area contributed by atoms with Gasteiger partial charge in [0, 0.05) is 5.69 Å². The Labute approximate surface area is 160 Å². The zero-order valence-corrected chi connectivity index (χ0v) is 15.6. The first-order valence-corrected chi connectivity index (χ1v) is 8.98. The number of benzene rings is 3. The fraction of sp³-hybridized carbons (Fsp3) is 0.174. The highest BCUT2D eigenvalue weighted by molar-refractivity contribution is 5.94. The molecule has 0 bridgehead atoms. The molecule has 3 aromatic rings. The van der Waals surface area contributed by atoms with E-state index in [0.717, 1.165) is 22.6 Å². The predicted octanol–water partition coefficient (Wildman–Crippen LogP) is 4.40. The van der Waals surface area contributed by atoms with Crippen molar-refractivity contribution in [2.45, 2.75) is 19.0 Å². The van der Waals surface area contributed by atoms with Crippen LogP contribution in [0.4, 0.5) is 5.69 Å². The summed E-state index contributed by atoms with van der Waals surface area (Å²) in [4.78, 5) is 12.7. The Hall–Kier alpha value is -3.11. The number of carbonyl (C=O) groups is 1. The van der Waals surface area contributed by atoms with Gasteiger partial charge in [-0.2, -0.15) is 0 Å². The Bertz CT molecular complexity index is 809. The van der Waals surface area contributed by atoms with Crippen molar-refractivity contribution < 1.29 is 9.53 Å². The van der Waals surface area contributed by atoms with E-state index in [-0.39, 0.29) is 18.0 Å². The van der Waals surface area contributed by atoms with Gasteiger partial charge >= 0.3 is 0 Å². The maximum atomic E-state index is 12.7. The number of hydrogen-bond donors (Lipinski definition) is 2. The molecule has 1 amide bonds. The minimum absolute atomic E-state index is 0.0657. The third-order valence-electron chi connectivity index (χ3n) is 4.43. The number of ether oxygens (including phenoxy) is 1. The van der Waals surface area contributed by atoms with Gasteiger partial charge in [0.05, 0.1) is 19.2 Å². The summed E-state index contributed by atoms with van der Waals surface area (Å²) in [6.07, 6.45) is 0. The van der Waals surface area contributed by atoms with Crippen LogP contribution in [-0.4, -0.2) is 19.1 Å². The second-order valence-electron chi connectivity index (χ2n) is 6.36. The van der Waals surface area contributed by atoms with E-state index >= 15 is 0 Å². The normalized spacial score (nSPS) is 11.8. The third kappa shape index (κ3) is 4.96. The van der Waals surface area contributed by atoms with Crippen LogP contribution in [0.15, 0.2) is 84.9 Å². The molecule has 3 rings (SSSR count). The molecular formula is C23H24N2O2. The third-order valence-corrected chi connectivity index (χ3v) is 4.43. The van der Waals surface area contributed by atoms with Crippen molar-refractivity contribution in [3.8, 4) is 5.75 Å². The van der Waals surface area contributed by atoms with Gasteiger partial charge in [-0.3, -0.25) is 10.1 Å². The van der Waals surface area contributed by atoms with E-state index in [1.165, 1.54) is 0 Å². The lowest BCUT2D eigenvalue weighted by Gasteiger charge is -2.24. The molecule has 0 aliphatic heterocycles. The lowest BCUT2D eigenvalue weighted by molar-refractivity contribution is -0.117. The molecular weight excluding hydrogens is 336 g/mol. The van der Waals surface area contributed by atoms with E-state index in [0.29, 0.717) is 0 Å². The first kappa shape index (κ1) is 18.7. The molecule has 0 aliphatic rings. The summed E-state index contributed by atoms with van der Waals surface area (Å²) in [5.41, 5.74) is 2.98. The molecule has 2 N–H and O–H groups in total. The van der Waals surface area contributed by atoms with Crippen molar-refractivity contribution in [3.05, 3.63) is 96.1 Å². The molecule has 3 aromatic carbocycles. The van der Waals surface area contributed by atoms with Crippen molar-refractivity contribution in [3.63, 3.8) is 0 Å². The number of methoxy groups -OCH3 is 1. The minimum Gasteiger partial charge on any atom is -0.497 e. The van der Waals surface area contributed by atoms with Gasteiger partial charge in [-0.05, 0) is 42.3 Å². The van der Waals surface area contributed by atoms with Crippen LogP contribution in [0, 0.1) is 0 Å². The van der Waals surface area contributed by atoms with Gasteiger partial charge in [0.15, 0.2) is 0 Å². The molecule has 0 aliphatic carbocycles. The van der Waals surface area contributed by atoms with Gasteiger partial charge in [-0.25, -0.2) is 0 Å². The highest BCUT2D eigenvalue weighted by Crippen LogP contribution is 2.23. The average molecular weight is 360 g/mol. The number of amides is 1. The van der Waals surface area contributed by atoms with Crippen LogP contribution in [0.2, 0.25) is 0 Å². The molecule has 4 heteroatoms. The fourth-order valence-corrected chi connectivity index (χ4v) is 2.93. The summed E-state index contributed by atoms with van der Waals surface area (Å²) < 4.78 is 5.15. The van der Waals surface area contributed by atoms with Gasteiger partial charge in [0.2, 0.25) is 5.91 Å². The Morgan fingerprint density at radius 2 is 1.33 bits per heavy atom. The van der Waals surface area contributed by atoms with Crippen LogP contribution >= 0.6 is 0 Å². The highest BCUT2D eigenvalue weighted by Gasteiger charge is 2.20. The quantitative estimate of drug-likeness (QED) is 0.656. The van der Waals surface area contributed by atoms with Crippen LogP contribution in [0.5, 0.6) is 5.75 Å². The summed E-state index contributed by atoms with van der Waals surface area (Å²) >= 11 is 0. The zero-order chi connectivity index (χ0) is 19.1. The number of nitrogens with one attached hydrogen (secondary N) is 2. The number of carbonyl (C=O) groups excluding carboxylic acids is 1. The molecule has 0 spiro atoms. The summed E-state index contributed by atoms with van der Waals surface area (Å²) in [5.74, 6) is 0.671. The summed E-state index contributed by atoms with van der Waals surface area (Å²) in [6, 6.07) is 27.2. The molecule has 0 saturated heterocycles. The Balaban J connectivity index is 1.73. The van der Waals surface area contributed by atoms with Gasteiger partial charge in [0.25, 0.3) is 0 Å². The first-order valence-electron chi connectivity index (χ1n) is 8.98. The number of rotatable bonds is 7. The molecule has 0 radical (unpaired) electrons. The summed E-state index contributed by atoms with van der Waals surface area (Å²) in [7, 11) is 1.62. The summed E-state index contributed by atoms with van der Waals surface area (Å²) in [6.45, 7) is 1.87. The smallest absolute Gasteiger partial charge is 0.241 e. The highest BCUT2D eigenvalue weighted by atomic mass is 16.5. The van der Waals surface area contributed by atoms with Crippen LogP contribution in [0.25, 0.3) is 0 Å². The standard InChI is InChI=1S/C23H24N2O2/c1-17(23(26)25-20-13-15-21(27-2)16-14-20)24-22(18-9-5-3-6-10-18)19-11-7-4-8-12-19/h3-17,22,24H,1-2H3,(H,25,26). The lowest BCUT2D eigenvalue weighted by Crippen LogP contribution is -2.40. The molecule has 0 heterocycles. The fourth-order valence-electron chi connectivity index (χ4n) is 2.93. The molecule has 27 heavy (non-hydrogen) atoms. The van der Waals surface area contributed by atoms with Crippen molar-refractivity contribution in [2.75, 3.05) is 12.4 Å². The van der Waals surface area contributed by atoms with Crippen molar-refractivity contribution >= 4 is 11.6 Å². The second-order valence-corrected chi connectivity index (χ2v) is 6.36. The molecule has 0 aromatic heterocycles. The van der Waals surface area contributed by atoms with E-state index in [1.807, 2.05) is 67.6 Å². The molecule has 1 atom stereocenters. The van der Waals surface area contributed by atoms with E-state index in [1.54, 1.807) is 7.11 Å². The molecule has 138 valence electrons. The van der Waals surface area contributed by atoms with E-state index < -0.39 is 0 Å². The number of anilines is 1. The van der Waals surface area contributed by atoms with Crippen molar-refractivity contribution in [2.24, 2.45) is 0 Å². The molecule has 4 nitrogen and oxygen atoms in total. The Morgan fingerprint density at radius 1 is 0.815 bits per heavy atom. The van der Waals surface area contributed by atoms with Crippen LogP contribution in [0.3, 0.4) is 0 Å². The number of hydrogen-bond acceptors (Lipinski definition) is 3. The zero-order valence-electron chi connectivity index (χ0n) is 15.6. The average Bonchev–Trinajstić information content (AvgIpc) is 2.73. The van der Waals surface area contributed by atoms with Crippen molar-refractivity contribution in [1.29, 1.82) is 0 Å². The summed E-state index contributed by atoms with van der Waals surface area (Å²) in [5, 5.41) is 6.40. The largest absolute Gasteiger partial charge is 0.497 e. The van der Waals surface area contributed by atoms with Gasteiger partial charge in [-0.15, -0.1) is 0 Å². The topological polar surface area (TPSA) is 50.4 Å². The minimum atomic E-state index is -0.377. The van der Waals surface area contributed by atoms with Crippen molar-refractivity contribution in [1.82, 2.24) is 5.32 Å². The predicted molar refractivity (Wildman–Crippen MR) is 109 cm³/mol. The molecule has 0 saturated carbocycles. The maximum Gasteiger partial charge on any atom is 0.241 e. The maximum absolute atomic E-state index is 12.7. The Morgan fingerprint density at radius 3 is 1.81 bits per heavy atom. The van der Waals surface area contributed by atoms with Gasteiger partial charge in [-0.1, -0.05) is 60.7 Å². The molecule has 1 unspecified atom stereocenters. The van der Waals surface area contributed by atoms with Gasteiger partial charge < -0.3 is 10.1 Å². The van der Waals surface area contributed by atoms with Gasteiger partial charge in [0.1, 0.15) is 5.75 Å². The second kappa shape index (κ2) is 9.01. The Kier molecular flexibility index (Phi) is 6.23. The monoisotopic (exact) mass is 360 g/mol. The van der Waals surface area contributed by atoms with Crippen LogP contribution < -0.4 is 15.4 Å². The van der Waals surface area contributed by atoms with E-state index in [9.17, 15) is 4.79 Å². The SMILES string of the molecule is COc1ccc(NC(=O)C(C)NC(c2ccccc2)c2ccccc2)cc1. The van der Waals surface area contributed by atoms with Crippen LogP contribution in [0.1, 0.15) is 24.1 Å².